The Kier molecular flexibility index (Phi) is 5.36. The summed E-state index contributed by atoms with van der Waals surface area (Å²) in [5, 5.41) is 2.95. The van der Waals surface area contributed by atoms with Crippen molar-refractivity contribution in [1.82, 2.24) is 25.1 Å². The van der Waals surface area contributed by atoms with Crippen LogP contribution in [0.4, 0.5) is 4.39 Å². The number of rotatable bonds is 4. The highest BCUT2D eigenvalue weighted by molar-refractivity contribution is 5.92. The maximum Gasteiger partial charge on any atom is 0.289 e. The second-order valence-corrected chi connectivity index (χ2v) is 8.00. The number of fused-ring (bicyclic) bond motifs is 1. The topological polar surface area (TPSA) is 81.3 Å². The van der Waals surface area contributed by atoms with Crippen LogP contribution in [-0.4, -0.2) is 64.3 Å². The number of nitrogens with one attached hydrogen (secondary N) is 2. The fourth-order valence-corrected chi connectivity index (χ4v) is 4.66. The molecule has 0 aliphatic carbocycles. The van der Waals surface area contributed by atoms with Crippen molar-refractivity contribution in [3.05, 3.63) is 53.9 Å². The maximum atomic E-state index is 14.0. The minimum atomic E-state index is -0.668. The van der Waals surface area contributed by atoms with Crippen molar-refractivity contribution in [1.29, 1.82) is 0 Å². The van der Waals surface area contributed by atoms with E-state index in [4.69, 9.17) is 0 Å². The molecule has 2 amide bonds. The Morgan fingerprint density at radius 1 is 1.31 bits per heavy atom. The van der Waals surface area contributed by atoms with Crippen molar-refractivity contribution in [2.45, 2.75) is 31.8 Å². The van der Waals surface area contributed by atoms with Crippen LogP contribution in [0.3, 0.4) is 0 Å². The number of benzene rings is 1. The fourth-order valence-electron chi connectivity index (χ4n) is 4.66. The molecule has 29 heavy (non-hydrogen) atoms. The number of hydrogen-bond acceptors (Lipinski definition) is 4. The van der Waals surface area contributed by atoms with Gasteiger partial charge in [-0.25, -0.2) is 9.37 Å². The minimum absolute atomic E-state index is 0.101. The molecule has 2 saturated heterocycles. The van der Waals surface area contributed by atoms with Crippen LogP contribution in [0.25, 0.3) is 0 Å². The van der Waals surface area contributed by atoms with Gasteiger partial charge in [-0.05, 0) is 38.9 Å². The number of likely N-dealkylation sites (tertiary alicyclic amines) is 2. The van der Waals surface area contributed by atoms with Crippen LogP contribution in [0, 0.1) is 11.2 Å². The standard InChI is InChI=1S/C21H26FN5O2/c1-26-12-8-21(20(29)25-13-15-5-2-3-6-16(15)22)7-4-11-27(17(21)14-26)19(28)18-23-9-10-24-18/h2-3,5-6,9-10,17H,4,7-8,11-14H2,1H3,(H,23,24)(H,25,29)/t17-,21+/m0/s1. The number of imidazole rings is 1. The highest BCUT2D eigenvalue weighted by Crippen LogP contribution is 2.43. The molecule has 0 spiro atoms. The van der Waals surface area contributed by atoms with E-state index in [0.717, 1.165) is 19.4 Å². The van der Waals surface area contributed by atoms with E-state index in [9.17, 15) is 14.0 Å². The Morgan fingerprint density at radius 2 is 2.14 bits per heavy atom. The second kappa shape index (κ2) is 7.94. The number of likely N-dealkylation sites (N-methyl/N-ethyl adjacent to an activating group) is 1. The van der Waals surface area contributed by atoms with Gasteiger partial charge in [0.25, 0.3) is 5.91 Å². The van der Waals surface area contributed by atoms with Crippen LogP contribution < -0.4 is 5.32 Å². The van der Waals surface area contributed by atoms with Gasteiger partial charge in [0.1, 0.15) is 5.82 Å². The SMILES string of the molecule is CN1CC[C@]2(C(=O)NCc3ccccc3F)CCCN(C(=O)c3ncc[nH]3)[C@H]2C1. The van der Waals surface area contributed by atoms with Gasteiger partial charge >= 0.3 is 0 Å². The number of carbonyl (C=O) groups is 2. The second-order valence-electron chi connectivity index (χ2n) is 8.00. The van der Waals surface area contributed by atoms with E-state index in [-0.39, 0.29) is 30.2 Å². The number of nitrogens with zero attached hydrogens (tertiary/aromatic N) is 3. The molecule has 0 radical (unpaired) electrons. The smallest absolute Gasteiger partial charge is 0.289 e. The summed E-state index contributed by atoms with van der Waals surface area (Å²) in [6.45, 7) is 2.15. The molecule has 7 nitrogen and oxygen atoms in total. The number of aromatic amines is 1. The van der Waals surface area contributed by atoms with Gasteiger partial charge in [-0.15, -0.1) is 0 Å². The first-order valence-electron chi connectivity index (χ1n) is 10.0. The summed E-state index contributed by atoms with van der Waals surface area (Å²) >= 11 is 0. The molecule has 2 aromatic rings. The van der Waals surface area contributed by atoms with E-state index in [1.54, 1.807) is 35.5 Å². The molecule has 154 valence electrons. The molecule has 4 rings (SSSR count). The third-order valence-electron chi connectivity index (χ3n) is 6.27. The van der Waals surface area contributed by atoms with Crippen LogP contribution in [0.2, 0.25) is 0 Å². The lowest BCUT2D eigenvalue weighted by Crippen LogP contribution is -2.66. The molecular formula is C21H26FN5O2. The summed E-state index contributed by atoms with van der Waals surface area (Å²) in [5.41, 5.74) is -0.209. The molecule has 0 unspecified atom stereocenters. The molecule has 8 heteroatoms. The normalized spacial score (nSPS) is 24.8. The third-order valence-corrected chi connectivity index (χ3v) is 6.27. The van der Waals surface area contributed by atoms with Crippen molar-refractivity contribution in [3.63, 3.8) is 0 Å². The molecule has 3 heterocycles. The molecule has 0 bridgehead atoms. The maximum absolute atomic E-state index is 14.0. The van der Waals surface area contributed by atoms with E-state index in [2.05, 4.69) is 20.2 Å². The van der Waals surface area contributed by atoms with Gasteiger partial charge in [0.15, 0.2) is 5.82 Å². The van der Waals surface area contributed by atoms with Crippen molar-refractivity contribution in [2.75, 3.05) is 26.7 Å². The largest absolute Gasteiger partial charge is 0.351 e. The zero-order valence-corrected chi connectivity index (χ0v) is 16.5. The van der Waals surface area contributed by atoms with E-state index >= 15 is 0 Å². The predicted molar refractivity (Wildman–Crippen MR) is 105 cm³/mol. The number of aromatic nitrogens is 2. The summed E-state index contributed by atoms with van der Waals surface area (Å²) < 4.78 is 14.0. The molecule has 2 aliphatic heterocycles. The first kappa shape index (κ1) is 19.6. The van der Waals surface area contributed by atoms with Crippen LogP contribution in [-0.2, 0) is 11.3 Å². The zero-order chi connectivity index (χ0) is 20.4. The Labute approximate surface area is 169 Å². The Hall–Kier alpha value is -2.74. The van der Waals surface area contributed by atoms with Gasteiger partial charge in [0.05, 0.1) is 11.5 Å². The number of hydrogen-bond donors (Lipinski definition) is 2. The monoisotopic (exact) mass is 399 g/mol. The summed E-state index contributed by atoms with van der Waals surface area (Å²) in [5.74, 6) is -0.318. The molecule has 2 fully saturated rings. The summed E-state index contributed by atoms with van der Waals surface area (Å²) in [6.07, 6.45) is 5.31. The Morgan fingerprint density at radius 3 is 2.90 bits per heavy atom. The molecule has 1 aromatic heterocycles. The van der Waals surface area contributed by atoms with Crippen LogP contribution in [0.1, 0.15) is 35.4 Å². The molecule has 2 aliphatic rings. The van der Waals surface area contributed by atoms with E-state index in [1.807, 2.05) is 7.05 Å². The van der Waals surface area contributed by atoms with Gasteiger partial charge in [-0.3, -0.25) is 9.59 Å². The van der Waals surface area contributed by atoms with E-state index < -0.39 is 5.41 Å². The number of H-pyrrole nitrogens is 1. The average molecular weight is 399 g/mol. The van der Waals surface area contributed by atoms with E-state index in [0.29, 0.717) is 30.9 Å². The summed E-state index contributed by atoms with van der Waals surface area (Å²) in [7, 11) is 2.01. The lowest BCUT2D eigenvalue weighted by atomic mass is 9.67. The Balaban J connectivity index is 1.57. The molecule has 1 aromatic carbocycles. The number of amides is 2. The van der Waals surface area contributed by atoms with E-state index in [1.165, 1.54) is 6.07 Å². The third kappa shape index (κ3) is 3.64. The van der Waals surface area contributed by atoms with Gasteiger partial charge in [0.2, 0.25) is 5.91 Å². The zero-order valence-electron chi connectivity index (χ0n) is 16.5. The van der Waals surface area contributed by atoms with Crippen LogP contribution in [0.5, 0.6) is 0 Å². The Bertz CT molecular complexity index is 887. The summed E-state index contributed by atoms with van der Waals surface area (Å²) in [6, 6.07) is 6.21. The van der Waals surface area contributed by atoms with Gasteiger partial charge in [-0.1, -0.05) is 18.2 Å². The van der Waals surface area contributed by atoms with Crippen molar-refractivity contribution >= 4 is 11.8 Å². The number of carbonyl (C=O) groups excluding carboxylic acids is 2. The van der Waals surface area contributed by atoms with Gasteiger partial charge in [-0.2, -0.15) is 0 Å². The minimum Gasteiger partial charge on any atom is -0.351 e. The number of halogens is 1. The lowest BCUT2D eigenvalue weighted by molar-refractivity contribution is -0.142. The highest BCUT2D eigenvalue weighted by atomic mass is 19.1. The highest BCUT2D eigenvalue weighted by Gasteiger charge is 2.53. The predicted octanol–water partition coefficient (Wildman–Crippen LogP) is 1.79. The molecule has 2 N–H and O–H groups in total. The van der Waals surface area contributed by atoms with Gasteiger partial charge < -0.3 is 20.1 Å². The molecule has 2 atom stereocenters. The van der Waals surface area contributed by atoms with Crippen molar-refractivity contribution in [3.8, 4) is 0 Å². The first-order valence-corrected chi connectivity index (χ1v) is 10.0. The molecule has 0 saturated carbocycles. The van der Waals surface area contributed by atoms with Crippen LogP contribution in [0.15, 0.2) is 36.7 Å². The van der Waals surface area contributed by atoms with Crippen LogP contribution >= 0.6 is 0 Å². The van der Waals surface area contributed by atoms with Gasteiger partial charge in [0, 0.05) is 37.6 Å². The lowest BCUT2D eigenvalue weighted by Gasteiger charge is -2.53. The molecular weight excluding hydrogens is 373 g/mol. The quantitative estimate of drug-likeness (QED) is 0.821. The first-order chi connectivity index (χ1) is 14.0. The average Bonchev–Trinajstić information content (AvgIpc) is 3.27. The summed E-state index contributed by atoms with van der Waals surface area (Å²) in [4.78, 5) is 37.4. The number of piperidine rings is 2. The van der Waals surface area contributed by atoms with Crippen molar-refractivity contribution < 1.29 is 14.0 Å². The van der Waals surface area contributed by atoms with Crippen molar-refractivity contribution in [2.24, 2.45) is 5.41 Å². The fraction of sp³-hybridized carbons (Fsp3) is 0.476.